The van der Waals surface area contributed by atoms with Gasteiger partial charge in [-0.3, -0.25) is 4.79 Å². The molecule has 0 bridgehead atoms. The number of hydrogen-bond acceptors (Lipinski definition) is 5. The highest BCUT2D eigenvalue weighted by Crippen LogP contribution is 2.32. The molecule has 6 nitrogen and oxygen atoms in total. The summed E-state index contributed by atoms with van der Waals surface area (Å²) >= 11 is 1.34. The zero-order chi connectivity index (χ0) is 16.2. The molecule has 1 aliphatic rings. The lowest BCUT2D eigenvalue weighted by molar-refractivity contribution is -0.118. The van der Waals surface area contributed by atoms with E-state index in [1.54, 1.807) is 4.68 Å². The van der Waals surface area contributed by atoms with Crippen LogP contribution in [0.4, 0.5) is 0 Å². The van der Waals surface area contributed by atoms with E-state index in [4.69, 9.17) is 5.84 Å². The highest BCUT2D eigenvalue weighted by atomic mass is 32.2. The number of nitrogen functional groups attached to an aromatic ring is 1. The molecule has 0 atom stereocenters. The number of nitrogens with one attached hydrogen (secondary N) is 1. The highest BCUT2D eigenvalue weighted by Gasteiger charge is 2.23. The minimum atomic E-state index is 0.00198. The van der Waals surface area contributed by atoms with Crippen molar-refractivity contribution in [1.29, 1.82) is 0 Å². The molecule has 0 spiro atoms. The Morgan fingerprint density at radius 3 is 2.64 bits per heavy atom. The Kier molecular flexibility index (Phi) is 5.72. The van der Waals surface area contributed by atoms with Gasteiger partial charge in [0.25, 0.3) is 0 Å². The van der Waals surface area contributed by atoms with Gasteiger partial charge < -0.3 is 11.2 Å². The van der Waals surface area contributed by atoms with E-state index in [2.05, 4.69) is 36.3 Å². The van der Waals surface area contributed by atoms with E-state index in [1.807, 2.05) is 0 Å². The van der Waals surface area contributed by atoms with E-state index in [1.165, 1.54) is 31.0 Å². The van der Waals surface area contributed by atoms with Crippen LogP contribution in [0.15, 0.2) is 5.16 Å². The quantitative estimate of drug-likeness (QED) is 0.641. The van der Waals surface area contributed by atoms with Crippen molar-refractivity contribution in [1.82, 2.24) is 20.2 Å². The lowest BCUT2D eigenvalue weighted by Crippen LogP contribution is -2.33. The standard InChI is InChI=1S/C15H27N5OS/c1-15(2,3)10-17-12(21)9-22-14-19-18-13(20(14)16)11-7-5-4-6-8-11/h11H,4-10,16H2,1-3H3,(H,17,21). The average Bonchev–Trinajstić information content (AvgIpc) is 2.84. The minimum absolute atomic E-state index is 0.00198. The maximum atomic E-state index is 11.9. The van der Waals surface area contributed by atoms with E-state index in [9.17, 15) is 4.79 Å². The van der Waals surface area contributed by atoms with E-state index in [-0.39, 0.29) is 11.3 Å². The molecule has 1 fully saturated rings. The van der Waals surface area contributed by atoms with Crippen molar-refractivity contribution in [3.8, 4) is 0 Å². The van der Waals surface area contributed by atoms with Crippen molar-refractivity contribution in [2.45, 2.75) is 63.9 Å². The summed E-state index contributed by atoms with van der Waals surface area (Å²) in [7, 11) is 0. The SMILES string of the molecule is CC(C)(C)CNC(=O)CSc1nnc(C2CCCCC2)n1N. The van der Waals surface area contributed by atoms with Crippen LogP contribution in [-0.4, -0.2) is 33.1 Å². The van der Waals surface area contributed by atoms with Gasteiger partial charge in [-0.1, -0.05) is 51.8 Å². The van der Waals surface area contributed by atoms with Crippen molar-refractivity contribution in [2.24, 2.45) is 5.41 Å². The van der Waals surface area contributed by atoms with Crippen LogP contribution < -0.4 is 11.2 Å². The van der Waals surface area contributed by atoms with Crippen LogP contribution in [0.2, 0.25) is 0 Å². The number of rotatable bonds is 5. The summed E-state index contributed by atoms with van der Waals surface area (Å²) in [5.41, 5.74) is 0.0857. The summed E-state index contributed by atoms with van der Waals surface area (Å²) in [5, 5.41) is 11.9. The van der Waals surface area contributed by atoms with Crippen LogP contribution in [0.3, 0.4) is 0 Å². The second-order valence-corrected chi connectivity index (χ2v) is 8.11. The number of carbonyl (C=O) groups excluding carboxylic acids is 1. The number of hydrogen-bond donors (Lipinski definition) is 2. The molecule has 3 N–H and O–H groups in total. The zero-order valence-electron chi connectivity index (χ0n) is 13.8. The number of aromatic nitrogens is 3. The van der Waals surface area contributed by atoms with Gasteiger partial charge in [0, 0.05) is 12.5 Å². The molecule has 1 aromatic rings. The second-order valence-electron chi connectivity index (χ2n) is 7.17. The topological polar surface area (TPSA) is 85.8 Å². The van der Waals surface area contributed by atoms with Crippen molar-refractivity contribution in [3.63, 3.8) is 0 Å². The summed E-state index contributed by atoms with van der Waals surface area (Å²) in [4.78, 5) is 11.9. The summed E-state index contributed by atoms with van der Waals surface area (Å²) < 4.78 is 1.57. The van der Waals surface area contributed by atoms with Crippen molar-refractivity contribution in [2.75, 3.05) is 18.1 Å². The lowest BCUT2D eigenvalue weighted by Gasteiger charge is -2.20. The van der Waals surface area contributed by atoms with E-state index < -0.39 is 0 Å². The van der Waals surface area contributed by atoms with Gasteiger partial charge in [0.15, 0.2) is 5.82 Å². The Bertz CT molecular complexity index is 503. The molecule has 1 saturated carbocycles. The van der Waals surface area contributed by atoms with Crippen LogP contribution in [0.1, 0.15) is 64.6 Å². The summed E-state index contributed by atoms with van der Waals surface area (Å²) in [5.74, 6) is 7.69. The molecule has 0 saturated heterocycles. The lowest BCUT2D eigenvalue weighted by atomic mass is 9.89. The first-order valence-corrected chi connectivity index (χ1v) is 8.95. The third-order valence-corrected chi connectivity index (χ3v) is 4.75. The smallest absolute Gasteiger partial charge is 0.230 e. The molecule has 1 aliphatic carbocycles. The number of carbonyl (C=O) groups is 1. The Balaban J connectivity index is 1.85. The fourth-order valence-corrected chi connectivity index (χ4v) is 3.26. The summed E-state index contributed by atoms with van der Waals surface area (Å²) in [6.07, 6.45) is 6.02. The zero-order valence-corrected chi connectivity index (χ0v) is 14.6. The van der Waals surface area contributed by atoms with Crippen LogP contribution >= 0.6 is 11.8 Å². The maximum Gasteiger partial charge on any atom is 0.230 e. The summed E-state index contributed by atoms with van der Waals surface area (Å²) in [6, 6.07) is 0. The van der Waals surface area contributed by atoms with Gasteiger partial charge >= 0.3 is 0 Å². The molecular formula is C15H27N5OS. The van der Waals surface area contributed by atoms with Gasteiger partial charge in [0.05, 0.1) is 5.75 Å². The molecule has 7 heteroatoms. The predicted molar refractivity (Wildman–Crippen MR) is 89.2 cm³/mol. The molecule has 0 radical (unpaired) electrons. The van der Waals surface area contributed by atoms with Gasteiger partial charge in [-0.05, 0) is 18.3 Å². The molecule has 1 amide bonds. The second kappa shape index (κ2) is 7.35. The first-order chi connectivity index (χ1) is 10.4. The fourth-order valence-electron chi connectivity index (χ4n) is 2.57. The molecule has 1 aromatic heterocycles. The van der Waals surface area contributed by atoms with Gasteiger partial charge in [-0.25, -0.2) is 4.68 Å². The van der Waals surface area contributed by atoms with Gasteiger partial charge in [-0.15, -0.1) is 10.2 Å². The molecule has 124 valence electrons. The number of amides is 1. The van der Waals surface area contributed by atoms with Crippen LogP contribution in [0, 0.1) is 5.41 Å². The first-order valence-electron chi connectivity index (χ1n) is 7.97. The largest absolute Gasteiger partial charge is 0.355 e. The Labute approximate surface area is 136 Å². The monoisotopic (exact) mass is 325 g/mol. The van der Waals surface area contributed by atoms with Crippen LogP contribution in [-0.2, 0) is 4.79 Å². The number of nitrogens with zero attached hydrogens (tertiary/aromatic N) is 3. The first kappa shape index (κ1) is 17.1. The Hall–Kier alpha value is -1.24. The van der Waals surface area contributed by atoms with Crippen molar-refractivity contribution in [3.05, 3.63) is 5.82 Å². The third kappa shape index (κ3) is 4.90. The van der Waals surface area contributed by atoms with Crippen LogP contribution in [0.5, 0.6) is 0 Å². The van der Waals surface area contributed by atoms with E-state index >= 15 is 0 Å². The van der Waals surface area contributed by atoms with Gasteiger partial charge in [0.1, 0.15) is 0 Å². The molecule has 2 rings (SSSR count). The number of nitrogens with two attached hydrogens (primary N) is 1. The third-order valence-electron chi connectivity index (χ3n) is 3.81. The van der Waals surface area contributed by atoms with Crippen molar-refractivity contribution < 1.29 is 4.79 Å². The average molecular weight is 325 g/mol. The fraction of sp³-hybridized carbons (Fsp3) is 0.800. The molecule has 0 aromatic carbocycles. The molecule has 0 aliphatic heterocycles. The molecular weight excluding hydrogens is 298 g/mol. The van der Waals surface area contributed by atoms with E-state index in [0.29, 0.717) is 23.4 Å². The van der Waals surface area contributed by atoms with Crippen molar-refractivity contribution >= 4 is 17.7 Å². The van der Waals surface area contributed by atoms with Crippen LogP contribution in [0.25, 0.3) is 0 Å². The molecule has 22 heavy (non-hydrogen) atoms. The predicted octanol–water partition coefficient (Wildman–Crippen LogP) is 2.29. The van der Waals surface area contributed by atoms with Gasteiger partial charge in [0.2, 0.25) is 11.1 Å². The Morgan fingerprint density at radius 2 is 2.00 bits per heavy atom. The van der Waals surface area contributed by atoms with E-state index in [0.717, 1.165) is 18.7 Å². The molecule has 1 heterocycles. The normalized spacial score (nSPS) is 16.7. The maximum absolute atomic E-state index is 11.9. The molecule has 0 unspecified atom stereocenters. The highest BCUT2D eigenvalue weighted by molar-refractivity contribution is 7.99. The summed E-state index contributed by atoms with van der Waals surface area (Å²) in [6.45, 7) is 6.93. The Morgan fingerprint density at radius 1 is 1.32 bits per heavy atom. The number of thioether (sulfide) groups is 1. The van der Waals surface area contributed by atoms with Gasteiger partial charge in [-0.2, -0.15) is 0 Å². The minimum Gasteiger partial charge on any atom is -0.355 e.